The minimum absolute atomic E-state index is 0.0115. The molecule has 0 aliphatic carbocycles. The van der Waals surface area contributed by atoms with Crippen molar-refractivity contribution in [3.63, 3.8) is 0 Å². The zero-order chi connectivity index (χ0) is 17.0. The Morgan fingerprint density at radius 2 is 1.92 bits per heavy atom. The van der Waals surface area contributed by atoms with Gasteiger partial charge in [0.25, 0.3) is 0 Å². The zero-order valence-corrected chi connectivity index (χ0v) is 16.0. The van der Waals surface area contributed by atoms with Crippen molar-refractivity contribution in [3.8, 4) is 5.75 Å². The Morgan fingerprint density at radius 3 is 2.64 bits per heavy atom. The van der Waals surface area contributed by atoms with Crippen LogP contribution in [0.15, 0.2) is 35.7 Å². The summed E-state index contributed by atoms with van der Waals surface area (Å²) in [5.41, 5.74) is 1.20. The van der Waals surface area contributed by atoms with Gasteiger partial charge in [0, 0.05) is 29.2 Å². The lowest BCUT2D eigenvalue weighted by atomic mass is 9.81. The van der Waals surface area contributed by atoms with Crippen LogP contribution in [-0.4, -0.2) is 30.1 Å². The fourth-order valence-corrected chi connectivity index (χ4v) is 5.84. The molecule has 4 heterocycles. The summed E-state index contributed by atoms with van der Waals surface area (Å²) in [7, 11) is 2.32. The molecule has 0 amide bonds. The van der Waals surface area contributed by atoms with Gasteiger partial charge in [-0.15, -0.1) is 11.3 Å². The van der Waals surface area contributed by atoms with E-state index >= 15 is 0 Å². The average Bonchev–Trinajstić information content (AvgIpc) is 3.21. The minimum Gasteiger partial charge on any atom is -0.463 e. The lowest BCUT2D eigenvalue weighted by molar-refractivity contribution is 0.0484. The highest BCUT2D eigenvalue weighted by molar-refractivity contribution is 7.10. The topological polar surface area (TPSA) is 15.7 Å². The summed E-state index contributed by atoms with van der Waals surface area (Å²) in [4.78, 5) is 6.44. The molecule has 1 aromatic heterocycles. The molecule has 3 aliphatic rings. The number of hydrogen-bond acceptors (Lipinski definition) is 4. The summed E-state index contributed by atoms with van der Waals surface area (Å²) in [6.07, 6.45) is 6.47. The number of hydrogen-bond donors (Lipinski definition) is 0. The van der Waals surface area contributed by atoms with Gasteiger partial charge in [0.1, 0.15) is 5.75 Å². The standard InChI is InChI=1S/C20H23ClN2OS/c1-22-14-4-2-5-15(22)12-16(11-14)23-17-8-7-13(21)10-18(17)24-20(23)19-6-3-9-25-19/h3,6-10,14-16,20H,2,4-5,11-12H2,1H3. The van der Waals surface area contributed by atoms with E-state index in [0.29, 0.717) is 18.1 Å². The molecule has 2 bridgehead atoms. The highest BCUT2D eigenvalue weighted by Crippen LogP contribution is 2.49. The first-order valence-electron chi connectivity index (χ1n) is 9.20. The Kier molecular flexibility index (Phi) is 3.95. The van der Waals surface area contributed by atoms with Crippen LogP contribution in [0.3, 0.4) is 0 Å². The van der Waals surface area contributed by atoms with Crippen LogP contribution in [0.1, 0.15) is 43.2 Å². The van der Waals surface area contributed by atoms with Crippen molar-refractivity contribution in [1.29, 1.82) is 0 Å². The number of fused-ring (bicyclic) bond motifs is 3. The van der Waals surface area contributed by atoms with Crippen LogP contribution in [-0.2, 0) is 0 Å². The first-order valence-corrected chi connectivity index (χ1v) is 10.5. The molecule has 2 saturated heterocycles. The minimum atomic E-state index is -0.0115. The van der Waals surface area contributed by atoms with Crippen LogP contribution in [0.5, 0.6) is 5.75 Å². The molecule has 0 N–H and O–H groups in total. The number of benzene rings is 1. The van der Waals surface area contributed by atoms with Gasteiger partial charge in [0.05, 0.1) is 10.6 Å². The summed E-state index contributed by atoms with van der Waals surface area (Å²) >= 11 is 8.00. The van der Waals surface area contributed by atoms with Crippen molar-refractivity contribution in [3.05, 3.63) is 45.6 Å². The van der Waals surface area contributed by atoms with Crippen molar-refractivity contribution in [2.24, 2.45) is 0 Å². The van der Waals surface area contributed by atoms with Crippen molar-refractivity contribution in [1.82, 2.24) is 4.90 Å². The molecule has 3 nitrogen and oxygen atoms in total. The first kappa shape index (κ1) is 16.0. The lowest BCUT2D eigenvalue weighted by Gasteiger charge is -2.50. The Labute approximate surface area is 158 Å². The van der Waals surface area contributed by atoms with Gasteiger partial charge in [-0.1, -0.05) is 24.1 Å². The maximum absolute atomic E-state index is 6.39. The smallest absolute Gasteiger partial charge is 0.208 e. The van der Waals surface area contributed by atoms with Crippen LogP contribution in [0.25, 0.3) is 0 Å². The fourth-order valence-electron chi connectivity index (χ4n) is 4.93. The number of anilines is 1. The molecule has 25 heavy (non-hydrogen) atoms. The molecule has 3 atom stereocenters. The van der Waals surface area contributed by atoms with Crippen molar-refractivity contribution in [2.45, 2.75) is 56.5 Å². The van der Waals surface area contributed by atoms with E-state index in [1.165, 1.54) is 42.7 Å². The summed E-state index contributed by atoms with van der Waals surface area (Å²) in [6, 6.07) is 12.3. The summed E-state index contributed by atoms with van der Waals surface area (Å²) in [5.74, 6) is 0.926. The van der Waals surface area contributed by atoms with Crippen LogP contribution >= 0.6 is 22.9 Å². The van der Waals surface area contributed by atoms with E-state index in [4.69, 9.17) is 16.3 Å². The van der Waals surface area contributed by atoms with Gasteiger partial charge in [-0.2, -0.15) is 0 Å². The highest BCUT2D eigenvalue weighted by atomic mass is 35.5. The third kappa shape index (κ3) is 2.66. The Balaban J connectivity index is 1.52. The number of ether oxygens (including phenoxy) is 1. The SMILES string of the molecule is CN1C2CCCC1CC(N1c3ccc(Cl)cc3OC1c1cccs1)C2. The normalized spacial score (nSPS) is 31.7. The van der Waals surface area contributed by atoms with E-state index in [9.17, 15) is 0 Å². The van der Waals surface area contributed by atoms with Gasteiger partial charge in [-0.3, -0.25) is 0 Å². The number of nitrogens with zero attached hydrogens (tertiary/aromatic N) is 2. The van der Waals surface area contributed by atoms with Gasteiger partial charge in [0.15, 0.2) is 0 Å². The van der Waals surface area contributed by atoms with Gasteiger partial charge < -0.3 is 14.5 Å². The molecule has 1 aromatic carbocycles. The maximum Gasteiger partial charge on any atom is 0.208 e. The van der Waals surface area contributed by atoms with Gasteiger partial charge in [-0.25, -0.2) is 0 Å². The molecule has 3 unspecified atom stereocenters. The quantitative estimate of drug-likeness (QED) is 0.708. The molecule has 2 aromatic rings. The largest absolute Gasteiger partial charge is 0.463 e. The van der Waals surface area contributed by atoms with E-state index in [-0.39, 0.29) is 6.23 Å². The predicted molar refractivity (Wildman–Crippen MR) is 104 cm³/mol. The fraction of sp³-hybridized carbons (Fsp3) is 0.500. The van der Waals surface area contributed by atoms with E-state index in [1.807, 2.05) is 12.1 Å². The monoisotopic (exact) mass is 374 g/mol. The van der Waals surface area contributed by atoms with Gasteiger partial charge in [-0.05, 0) is 56.3 Å². The second kappa shape index (κ2) is 6.19. The van der Waals surface area contributed by atoms with Crippen LogP contribution in [0.2, 0.25) is 5.02 Å². The first-order chi connectivity index (χ1) is 12.2. The Morgan fingerprint density at radius 1 is 1.12 bits per heavy atom. The second-order valence-corrected chi connectivity index (χ2v) is 8.95. The summed E-state index contributed by atoms with van der Waals surface area (Å²) < 4.78 is 6.39. The molecule has 0 spiro atoms. The van der Waals surface area contributed by atoms with Gasteiger partial charge in [0.2, 0.25) is 6.23 Å². The predicted octanol–water partition coefficient (Wildman–Crippen LogP) is 5.31. The number of rotatable bonds is 2. The molecule has 0 saturated carbocycles. The van der Waals surface area contributed by atoms with E-state index < -0.39 is 0 Å². The molecular formula is C20H23ClN2OS. The van der Waals surface area contributed by atoms with Crippen molar-refractivity contribution in [2.75, 3.05) is 11.9 Å². The van der Waals surface area contributed by atoms with E-state index in [1.54, 1.807) is 11.3 Å². The molecule has 132 valence electrons. The summed E-state index contributed by atoms with van der Waals surface area (Å²) in [6.45, 7) is 0. The third-order valence-electron chi connectivity index (χ3n) is 6.19. The Bertz CT molecular complexity index is 751. The highest BCUT2D eigenvalue weighted by Gasteiger charge is 2.44. The average molecular weight is 375 g/mol. The van der Waals surface area contributed by atoms with Crippen LogP contribution < -0.4 is 9.64 Å². The van der Waals surface area contributed by atoms with Crippen molar-refractivity contribution < 1.29 is 4.74 Å². The van der Waals surface area contributed by atoms with Crippen LogP contribution in [0, 0.1) is 0 Å². The number of thiophene rings is 1. The van der Waals surface area contributed by atoms with Gasteiger partial charge >= 0.3 is 0 Å². The Hall–Kier alpha value is -1.23. The zero-order valence-electron chi connectivity index (χ0n) is 14.4. The molecule has 2 fully saturated rings. The van der Waals surface area contributed by atoms with E-state index in [2.05, 4.69) is 40.4 Å². The molecule has 5 rings (SSSR count). The molecule has 0 radical (unpaired) electrons. The van der Waals surface area contributed by atoms with E-state index in [0.717, 1.165) is 10.8 Å². The second-order valence-electron chi connectivity index (χ2n) is 7.53. The summed E-state index contributed by atoms with van der Waals surface area (Å²) in [5, 5.41) is 2.88. The number of halogens is 1. The van der Waals surface area contributed by atoms with Crippen molar-refractivity contribution >= 4 is 28.6 Å². The molecule has 5 heteroatoms. The molecule has 3 aliphatic heterocycles. The number of piperidine rings is 2. The van der Waals surface area contributed by atoms with Crippen LogP contribution in [0.4, 0.5) is 5.69 Å². The third-order valence-corrected chi connectivity index (χ3v) is 7.32. The molecular weight excluding hydrogens is 352 g/mol. The lowest BCUT2D eigenvalue weighted by Crippen LogP contribution is -2.55. The maximum atomic E-state index is 6.39.